The number of carbonyl (C=O) groups is 1. The molecule has 122 valence electrons. The van der Waals surface area contributed by atoms with Gasteiger partial charge in [-0.25, -0.2) is 4.98 Å². The van der Waals surface area contributed by atoms with E-state index in [0.29, 0.717) is 33.4 Å². The molecule has 0 saturated carbocycles. The quantitative estimate of drug-likeness (QED) is 0.551. The molecule has 0 fully saturated rings. The molecule has 0 aliphatic carbocycles. The monoisotopic (exact) mass is 361 g/mol. The van der Waals surface area contributed by atoms with Crippen LogP contribution < -0.4 is 5.32 Å². The third-order valence-corrected chi connectivity index (χ3v) is 4.70. The zero-order valence-corrected chi connectivity index (χ0v) is 14.1. The number of nitro benzene ring substituents is 1. The summed E-state index contributed by atoms with van der Waals surface area (Å²) in [6.45, 7) is 1.90. The second-order valence-electron chi connectivity index (χ2n) is 4.70. The van der Waals surface area contributed by atoms with E-state index in [0.717, 1.165) is 11.5 Å². The fourth-order valence-electron chi connectivity index (χ4n) is 2.01. The molecule has 10 heteroatoms. The second-order valence-corrected chi connectivity index (χ2v) is 6.31. The third kappa shape index (κ3) is 3.29. The fourth-order valence-corrected chi connectivity index (χ4v) is 3.37. The van der Waals surface area contributed by atoms with Crippen molar-refractivity contribution >= 4 is 39.6 Å². The molecule has 1 aromatic carbocycles. The predicted molar refractivity (Wildman–Crippen MR) is 91.4 cm³/mol. The Morgan fingerprint density at radius 3 is 3.00 bits per heavy atom. The largest absolute Gasteiger partial charge is 0.297 e. The van der Waals surface area contributed by atoms with Gasteiger partial charge in [-0.2, -0.15) is 0 Å². The Bertz CT molecular complexity index is 905. The number of anilines is 1. The lowest BCUT2D eigenvalue weighted by Gasteiger charge is -2.00. The Labute approximate surface area is 144 Å². The van der Waals surface area contributed by atoms with Crippen LogP contribution in [0, 0.1) is 10.1 Å². The molecule has 8 nitrogen and oxygen atoms in total. The highest BCUT2D eigenvalue weighted by Crippen LogP contribution is 2.28. The number of nitrogens with zero attached hydrogens (tertiary/aromatic N) is 4. The van der Waals surface area contributed by atoms with Crippen molar-refractivity contribution in [3.8, 4) is 11.3 Å². The maximum Gasteiger partial charge on any atom is 0.271 e. The molecule has 1 amide bonds. The van der Waals surface area contributed by atoms with Gasteiger partial charge < -0.3 is 0 Å². The average molecular weight is 361 g/mol. The Morgan fingerprint density at radius 1 is 1.42 bits per heavy atom. The number of benzene rings is 1. The molecule has 2 aromatic heterocycles. The van der Waals surface area contributed by atoms with Crippen molar-refractivity contribution in [1.29, 1.82) is 0 Å². The van der Waals surface area contributed by atoms with E-state index in [-0.39, 0.29) is 11.6 Å². The molecule has 0 saturated heterocycles. The maximum absolute atomic E-state index is 12.2. The van der Waals surface area contributed by atoms with Crippen LogP contribution in [-0.2, 0) is 6.42 Å². The number of nitrogens with one attached hydrogen (secondary N) is 1. The topological polar surface area (TPSA) is 111 Å². The first-order valence-electron chi connectivity index (χ1n) is 6.91. The Kier molecular flexibility index (Phi) is 4.58. The summed E-state index contributed by atoms with van der Waals surface area (Å²) in [5.41, 5.74) is 1.83. The molecule has 0 spiro atoms. The lowest BCUT2D eigenvalue weighted by Crippen LogP contribution is -2.12. The van der Waals surface area contributed by atoms with E-state index in [1.54, 1.807) is 17.5 Å². The van der Waals surface area contributed by atoms with E-state index < -0.39 is 4.92 Å². The number of rotatable bonds is 5. The summed E-state index contributed by atoms with van der Waals surface area (Å²) in [5, 5.41) is 19.6. The highest BCUT2D eigenvalue weighted by Gasteiger charge is 2.17. The van der Waals surface area contributed by atoms with Crippen LogP contribution >= 0.6 is 22.9 Å². The van der Waals surface area contributed by atoms with Gasteiger partial charge in [-0.15, -0.1) is 16.4 Å². The van der Waals surface area contributed by atoms with E-state index in [9.17, 15) is 14.9 Å². The highest BCUT2D eigenvalue weighted by atomic mass is 32.1. The van der Waals surface area contributed by atoms with Crippen molar-refractivity contribution in [3.05, 3.63) is 50.3 Å². The molecule has 2 heterocycles. The van der Waals surface area contributed by atoms with Crippen LogP contribution in [0.15, 0.2) is 29.6 Å². The van der Waals surface area contributed by atoms with Crippen molar-refractivity contribution in [2.24, 2.45) is 0 Å². The SMILES string of the molecule is CCc1nnsc1C(=O)Nc1nc(-c2cccc([N+](=O)[O-])c2)cs1. The molecule has 0 aliphatic rings. The van der Waals surface area contributed by atoms with Crippen molar-refractivity contribution in [2.75, 3.05) is 5.32 Å². The standard InChI is InChI=1S/C14H11N5O3S2/c1-2-10-12(24-18-17-10)13(20)16-14-15-11(7-23-14)8-4-3-5-9(6-8)19(21)22/h3-7H,2H2,1H3,(H,15,16,20). The van der Waals surface area contributed by atoms with Crippen molar-refractivity contribution < 1.29 is 9.72 Å². The summed E-state index contributed by atoms with van der Waals surface area (Å²) in [4.78, 5) is 27.4. The van der Waals surface area contributed by atoms with Gasteiger partial charge in [0.25, 0.3) is 11.6 Å². The fraction of sp³-hybridized carbons (Fsp3) is 0.143. The lowest BCUT2D eigenvalue weighted by atomic mass is 10.1. The minimum absolute atomic E-state index is 0.00518. The van der Waals surface area contributed by atoms with Crippen LogP contribution in [0.3, 0.4) is 0 Å². The van der Waals surface area contributed by atoms with Gasteiger partial charge in [0.1, 0.15) is 4.88 Å². The molecule has 24 heavy (non-hydrogen) atoms. The maximum atomic E-state index is 12.2. The third-order valence-electron chi connectivity index (χ3n) is 3.17. The molecule has 0 atom stereocenters. The molecule has 0 unspecified atom stereocenters. The summed E-state index contributed by atoms with van der Waals surface area (Å²) >= 11 is 2.29. The zero-order chi connectivity index (χ0) is 17.1. The molecular weight excluding hydrogens is 350 g/mol. The highest BCUT2D eigenvalue weighted by molar-refractivity contribution is 7.14. The van der Waals surface area contributed by atoms with E-state index in [4.69, 9.17) is 0 Å². The number of aromatic nitrogens is 3. The van der Waals surface area contributed by atoms with Crippen molar-refractivity contribution in [1.82, 2.24) is 14.6 Å². The summed E-state index contributed by atoms with van der Waals surface area (Å²) in [6, 6.07) is 6.20. The second kappa shape index (κ2) is 6.81. The van der Waals surface area contributed by atoms with Gasteiger partial charge in [0, 0.05) is 23.1 Å². The number of aryl methyl sites for hydroxylation is 1. The first kappa shape index (κ1) is 16.1. The van der Waals surface area contributed by atoms with Crippen LogP contribution in [0.25, 0.3) is 11.3 Å². The van der Waals surface area contributed by atoms with Gasteiger partial charge >= 0.3 is 0 Å². The molecule has 0 aliphatic heterocycles. The number of hydrogen-bond acceptors (Lipinski definition) is 8. The van der Waals surface area contributed by atoms with Gasteiger partial charge in [-0.3, -0.25) is 20.2 Å². The summed E-state index contributed by atoms with van der Waals surface area (Å²) in [7, 11) is 0. The van der Waals surface area contributed by atoms with Crippen LogP contribution in [-0.4, -0.2) is 25.4 Å². The van der Waals surface area contributed by atoms with E-state index in [2.05, 4.69) is 19.9 Å². The molecule has 3 rings (SSSR count). The van der Waals surface area contributed by atoms with Crippen LogP contribution in [0.2, 0.25) is 0 Å². The van der Waals surface area contributed by atoms with Crippen molar-refractivity contribution in [3.63, 3.8) is 0 Å². The van der Waals surface area contributed by atoms with Crippen LogP contribution in [0.5, 0.6) is 0 Å². The Balaban J connectivity index is 1.80. The Hall–Kier alpha value is -2.72. The van der Waals surface area contributed by atoms with Gasteiger partial charge in [0.05, 0.1) is 16.3 Å². The minimum Gasteiger partial charge on any atom is -0.297 e. The van der Waals surface area contributed by atoms with Crippen molar-refractivity contribution in [2.45, 2.75) is 13.3 Å². The van der Waals surface area contributed by atoms with E-state index >= 15 is 0 Å². The average Bonchev–Trinajstić information content (AvgIpc) is 3.23. The van der Waals surface area contributed by atoms with Gasteiger partial charge in [-0.05, 0) is 18.0 Å². The number of non-ortho nitro benzene ring substituents is 1. The first-order valence-corrected chi connectivity index (χ1v) is 8.56. The smallest absolute Gasteiger partial charge is 0.271 e. The van der Waals surface area contributed by atoms with Crippen LogP contribution in [0.4, 0.5) is 10.8 Å². The minimum atomic E-state index is -0.457. The number of amides is 1. The van der Waals surface area contributed by atoms with E-state index in [1.165, 1.54) is 23.5 Å². The van der Waals surface area contributed by atoms with Gasteiger partial charge in [-0.1, -0.05) is 23.5 Å². The van der Waals surface area contributed by atoms with Gasteiger partial charge in [0.15, 0.2) is 5.13 Å². The normalized spacial score (nSPS) is 10.5. The number of thiazole rings is 1. The summed E-state index contributed by atoms with van der Waals surface area (Å²) < 4.78 is 3.78. The van der Waals surface area contributed by atoms with Gasteiger partial charge in [0.2, 0.25) is 0 Å². The molecule has 3 aromatic rings. The zero-order valence-electron chi connectivity index (χ0n) is 12.4. The first-order chi connectivity index (χ1) is 11.6. The summed E-state index contributed by atoms with van der Waals surface area (Å²) in [5.74, 6) is -0.304. The lowest BCUT2D eigenvalue weighted by molar-refractivity contribution is -0.384. The van der Waals surface area contributed by atoms with Crippen LogP contribution in [0.1, 0.15) is 22.3 Å². The number of nitro groups is 1. The molecule has 0 bridgehead atoms. The molecule has 1 N–H and O–H groups in total. The predicted octanol–water partition coefficient (Wildman–Crippen LogP) is 3.38. The van der Waals surface area contributed by atoms with E-state index in [1.807, 2.05) is 6.92 Å². The number of carbonyl (C=O) groups excluding carboxylic acids is 1. The molecule has 0 radical (unpaired) electrons. The summed E-state index contributed by atoms with van der Waals surface area (Å²) in [6.07, 6.45) is 0.621. The Morgan fingerprint density at radius 2 is 2.25 bits per heavy atom. The number of hydrogen-bond donors (Lipinski definition) is 1. The molecular formula is C14H11N5O3S2.